The van der Waals surface area contributed by atoms with Gasteiger partial charge in [-0.3, -0.25) is 14.4 Å². The molecule has 1 amide bonds. The molecule has 5 N–H and O–H groups in total. The lowest BCUT2D eigenvalue weighted by Crippen LogP contribution is -2.51. The summed E-state index contributed by atoms with van der Waals surface area (Å²) in [7, 11) is 0. The van der Waals surface area contributed by atoms with E-state index in [-0.39, 0.29) is 0 Å². The molecule has 0 radical (unpaired) electrons. The Balaban J connectivity index is 2.55. The molecule has 0 heterocycles. The Bertz CT molecular complexity index is 344. The fourth-order valence-corrected chi connectivity index (χ4v) is 2.17. The van der Waals surface area contributed by atoms with Crippen LogP contribution in [-0.2, 0) is 14.4 Å². The van der Waals surface area contributed by atoms with Gasteiger partial charge in [-0.25, -0.2) is 0 Å². The van der Waals surface area contributed by atoms with Crippen molar-refractivity contribution in [3.63, 3.8) is 0 Å². The number of carbonyl (C=O) groups is 3. The van der Waals surface area contributed by atoms with Crippen molar-refractivity contribution in [1.29, 1.82) is 0 Å². The first-order valence-electron chi connectivity index (χ1n) is 5.92. The minimum absolute atomic E-state index is 0.455. The molecule has 18 heavy (non-hydrogen) atoms. The van der Waals surface area contributed by atoms with Gasteiger partial charge in [0.1, 0.15) is 0 Å². The number of hydrogen-bond donors (Lipinski definition) is 4. The highest BCUT2D eigenvalue weighted by Crippen LogP contribution is 2.24. The highest BCUT2D eigenvalue weighted by Gasteiger charge is 2.32. The topological polar surface area (TPSA) is 130 Å². The maximum absolute atomic E-state index is 11.6. The average molecular weight is 258 g/mol. The van der Waals surface area contributed by atoms with Crippen LogP contribution in [0.3, 0.4) is 0 Å². The van der Waals surface area contributed by atoms with Crippen molar-refractivity contribution in [3.8, 4) is 0 Å². The summed E-state index contributed by atoms with van der Waals surface area (Å²) >= 11 is 0. The van der Waals surface area contributed by atoms with Crippen molar-refractivity contribution < 1.29 is 24.6 Å². The second kappa shape index (κ2) is 6.34. The standard InChI is InChI=1S/C11H18N2O5/c12-7(5-9(14)15)10(16)13-8-4-2-1-3-6(8)11(17)18/h6-8H,1-5,12H2,(H,13,16)(H,14,15)(H,17,18). The van der Waals surface area contributed by atoms with Gasteiger partial charge in [0.15, 0.2) is 0 Å². The lowest BCUT2D eigenvalue weighted by Gasteiger charge is -2.30. The molecule has 0 bridgehead atoms. The number of carboxylic acid groups (broad SMARTS) is 2. The van der Waals surface area contributed by atoms with Gasteiger partial charge in [0.2, 0.25) is 5.91 Å². The summed E-state index contributed by atoms with van der Waals surface area (Å²) in [4.78, 5) is 33.1. The Hall–Kier alpha value is -1.63. The summed E-state index contributed by atoms with van der Waals surface area (Å²) in [6.07, 6.45) is 2.32. The molecule has 0 aromatic heterocycles. The zero-order valence-electron chi connectivity index (χ0n) is 9.96. The van der Waals surface area contributed by atoms with Crippen LogP contribution in [0.2, 0.25) is 0 Å². The zero-order chi connectivity index (χ0) is 13.7. The van der Waals surface area contributed by atoms with Crippen LogP contribution in [0.4, 0.5) is 0 Å². The first-order valence-corrected chi connectivity index (χ1v) is 5.92. The van der Waals surface area contributed by atoms with Crippen LogP contribution in [0, 0.1) is 5.92 Å². The fourth-order valence-electron chi connectivity index (χ4n) is 2.17. The largest absolute Gasteiger partial charge is 0.481 e. The van der Waals surface area contributed by atoms with Gasteiger partial charge in [0.05, 0.1) is 18.4 Å². The van der Waals surface area contributed by atoms with Crippen molar-refractivity contribution in [2.75, 3.05) is 0 Å². The molecule has 102 valence electrons. The number of hydrogen-bond acceptors (Lipinski definition) is 4. The van der Waals surface area contributed by atoms with Crippen LogP contribution in [0.1, 0.15) is 32.1 Å². The normalized spacial score (nSPS) is 25.2. The van der Waals surface area contributed by atoms with E-state index in [1.165, 1.54) is 0 Å². The second-order valence-corrected chi connectivity index (χ2v) is 4.55. The molecule has 3 unspecified atom stereocenters. The lowest BCUT2D eigenvalue weighted by atomic mass is 9.84. The van der Waals surface area contributed by atoms with E-state index in [1.54, 1.807) is 0 Å². The summed E-state index contributed by atoms with van der Waals surface area (Å²) in [5.74, 6) is -3.31. The molecule has 7 heteroatoms. The third-order valence-electron chi connectivity index (χ3n) is 3.14. The predicted molar refractivity (Wildman–Crippen MR) is 61.8 cm³/mol. The van der Waals surface area contributed by atoms with Crippen LogP contribution in [0.25, 0.3) is 0 Å². The molecular formula is C11H18N2O5. The van der Waals surface area contributed by atoms with E-state index >= 15 is 0 Å². The Morgan fingerprint density at radius 1 is 1.22 bits per heavy atom. The molecule has 1 saturated carbocycles. The monoisotopic (exact) mass is 258 g/mol. The van der Waals surface area contributed by atoms with Gasteiger partial charge < -0.3 is 21.3 Å². The molecule has 7 nitrogen and oxygen atoms in total. The first kappa shape index (κ1) is 14.4. The Morgan fingerprint density at radius 2 is 1.83 bits per heavy atom. The van der Waals surface area contributed by atoms with E-state index < -0.39 is 42.3 Å². The number of rotatable bonds is 5. The molecule has 1 aliphatic carbocycles. The van der Waals surface area contributed by atoms with Gasteiger partial charge >= 0.3 is 11.9 Å². The molecule has 3 atom stereocenters. The number of nitrogens with one attached hydrogen (secondary N) is 1. The van der Waals surface area contributed by atoms with Crippen LogP contribution < -0.4 is 11.1 Å². The van der Waals surface area contributed by atoms with Crippen molar-refractivity contribution in [2.24, 2.45) is 11.7 Å². The molecule has 1 aliphatic rings. The van der Waals surface area contributed by atoms with Gasteiger partial charge in [-0.15, -0.1) is 0 Å². The lowest BCUT2D eigenvalue weighted by molar-refractivity contribution is -0.145. The number of amides is 1. The molecule has 0 aromatic carbocycles. The van der Waals surface area contributed by atoms with Crippen molar-refractivity contribution in [2.45, 2.75) is 44.2 Å². The van der Waals surface area contributed by atoms with E-state index in [0.29, 0.717) is 12.8 Å². The number of nitrogens with two attached hydrogens (primary N) is 1. The molecule has 1 fully saturated rings. The Kier molecular flexibility index (Phi) is 5.08. The number of aliphatic carboxylic acids is 2. The first-order chi connectivity index (χ1) is 8.41. The summed E-state index contributed by atoms with van der Waals surface area (Å²) in [6.45, 7) is 0. The van der Waals surface area contributed by atoms with Gasteiger partial charge in [-0.05, 0) is 12.8 Å². The maximum atomic E-state index is 11.6. The van der Waals surface area contributed by atoms with Gasteiger partial charge in [-0.1, -0.05) is 12.8 Å². The average Bonchev–Trinajstić information content (AvgIpc) is 2.28. The Morgan fingerprint density at radius 3 is 2.39 bits per heavy atom. The summed E-state index contributed by atoms with van der Waals surface area (Å²) in [5.41, 5.74) is 5.42. The third kappa shape index (κ3) is 3.99. The van der Waals surface area contributed by atoms with Crippen LogP contribution in [0.15, 0.2) is 0 Å². The SMILES string of the molecule is NC(CC(=O)O)C(=O)NC1CCCCC1C(=O)O. The van der Waals surface area contributed by atoms with Gasteiger partial charge in [0.25, 0.3) is 0 Å². The van der Waals surface area contributed by atoms with E-state index in [9.17, 15) is 14.4 Å². The van der Waals surface area contributed by atoms with E-state index in [0.717, 1.165) is 12.8 Å². The van der Waals surface area contributed by atoms with Crippen LogP contribution in [0.5, 0.6) is 0 Å². The third-order valence-corrected chi connectivity index (χ3v) is 3.14. The van der Waals surface area contributed by atoms with Crippen molar-refractivity contribution in [3.05, 3.63) is 0 Å². The number of carboxylic acids is 2. The Labute approximate surface area is 104 Å². The minimum Gasteiger partial charge on any atom is -0.481 e. The molecule has 1 rings (SSSR count). The number of carbonyl (C=O) groups excluding carboxylic acids is 1. The fraction of sp³-hybridized carbons (Fsp3) is 0.727. The molecule has 0 aromatic rings. The van der Waals surface area contributed by atoms with Crippen LogP contribution >= 0.6 is 0 Å². The molecule has 0 aliphatic heterocycles. The molecular weight excluding hydrogens is 240 g/mol. The van der Waals surface area contributed by atoms with Gasteiger partial charge in [-0.2, -0.15) is 0 Å². The quantitative estimate of drug-likeness (QED) is 0.528. The summed E-state index contributed by atoms with van der Waals surface area (Å²) < 4.78 is 0. The molecule has 0 saturated heterocycles. The van der Waals surface area contributed by atoms with Crippen molar-refractivity contribution in [1.82, 2.24) is 5.32 Å². The zero-order valence-corrected chi connectivity index (χ0v) is 9.96. The molecule has 0 spiro atoms. The smallest absolute Gasteiger partial charge is 0.308 e. The maximum Gasteiger partial charge on any atom is 0.308 e. The highest BCUT2D eigenvalue weighted by molar-refractivity contribution is 5.86. The predicted octanol–water partition coefficient (Wildman–Crippen LogP) is -0.452. The highest BCUT2D eigenvalue weighted by atomic mass is 16.4. The summed E-state index contributed by atoms with van der Waals surface area (Å²) in [6, 6.07) is -1.59. The van der Waals surface area contributed by atoms with Gasteiger partial charge in [0, 0.05) is 6.04 Å². The summed E-state index contributed by atoms with van der Waals surface area (Å²) in [5, 5.41) is 20.1. The van der Waals surface area contributed by atoms with Crippen LogP contribution in [-0.4, -0.2) is 40.1 Å². The van der Waals surface area contributed by atoms with E-state index in [1.807, 2.05) is 0 Å². The minimum atomic E-state index is -1.16. The van der Waals surface area contributed by atoms with E-state index in [2.05, 4.69) is 5.32 Å². The van der Waals surface area contributed by atoms with E-state index in [4.69, 9.17) is 15.9 Å². The van der Waals surface area contributed by atoms with Crippen molar-refractivity contribution >= 4 is 17.8 Å². The second-order valence-electron chi connectivity index (χ2n) is 4.55.